The van der Waals surface area contributed by atoms with Gasteiger partial charge in [-0.05, 0) is 58.2 Å². The molecule has 0 unspecified atom stereocenters. The molecule has 0 radical (unpaired) electrons. The number of rotatable bonds is 4. The molecule has 0 bridgehead atoms. The van der Waals surface area contributed by atoms with Crippen molar-refractivity contribution >= 4 is 29.9 Å². The summed E-state index contributed by atoms with van der Waals surface area (Å²) in [5.74, 6) is -0.0338. The van der Waals surface area contributed by atoms with E-state index in [0.717, 1.165) is 19.3 Å². The van der Waals surface area contributed by atoms with Gasteiger partial charge in [-0.1, -0.05) is 18.6 Å². The molecule has 2 rings (SSSR count). The lowest BCUT2D eigenvalue weighted by atomic mass is 9.95. The van der Waals surface area contributed by atoms with Crippen LogP contribution in [-0.4, -0.2) is 23.9 Å². The third-order valence-electron chi connectivity index (χ3n) is 4.22. The molecular formula is C18H28ClN3O2. The highest BCUT2D eigenvalue weighted by molar-refractivity contribution is 6.04. The molecule has 0 aromatic heterocycles. The minimum Gasteiger partial charge on any atom is -0.347 e. The van der Waals surface area contributed by atoms with E-state index in [1.165, 1.54) is 0 Å². The molecular weight excluding hydrogens is 326 g/mol. The van der Waals surface area contributed by atoms with Gasteiger partial charge in [0.15, 0.2) is 0 Å². The van der Waals surface area contributed by atoms with E-state index in [1.54, 1.807) is 18.2 Å². The lowest BCUT2D eigenvalue weighted by molar-refractivity contribution is -0.120. The normalized spacial score (nSPS) is 20.2. The molecule has 24 heavy (non-hydrogen) atoms. The zero-order chi connectivity index (χ0) is 17.0. The number of nitrogens with two attached hydrogens (primary N) is 1. The molecule has 134 valence electrons. The van der Waals surface area contributed by atoms with Crippen molar-refractivity contribution in [3.8, 4) is 0 Å². The summed E-state index contributed by atoms with van der Waals surface area (Å²) in [5.41, 5.74) is 6.47. The first-order chi connectivity index (χ1) is 10.8. The maximum atomic E-state index is 12.5. The second kappa shape index (κ2) is 8.49. The highest BCUT2D eigenvalue weighted by atomic mass is 35.5. The third kappa shape index (κ3) is 5.21. The molecule has 4 N–H and O–H groups in total. The Morgan fingerprint density at radius 3 is 2.50 bits per heavy atom. The van der Waals surface area contributed by atoms with Gasteiger partial charge < -0.3 is 16.4 Å². The summed E-state index contributed by atoms with van der Waals surface area (Å²) in [6.45, 7) is 6.31. The van der Waals surface area contributed by atoms with Gasteiger partial charge in [0.05, 0.1) is 11.3 Å². The Bertz CT molecular complexity index is 584. The van der Waals surface area contributed by atoms with Crippen molar-refractivity contribution in [2.45, 2.75) is 45.6 Å². The fraction of sp³-hybridized carbons (Fsp3) is 0.556. The summed E-state index contributed by atoms with van der Waals surface area (Å²) in [6.07, 6.45) is 2.90. The number of nitrogens with one attached hydrogen (secondary N) is 2. The Morgan fingerprint density at radius 1 is 1.21 bits per heavy atom. The van der Waals surface area contributed by atoms with Crippen LogP contribution in [0.2, 0.25) is 0 Å². The quantitative estimate of drug-likeness (QED) is 0.778. The molecule has 1 saturated carbocycles. The van der Waals surface area contributed by atoms with Crippen molar-refractivity contribution in [3.63, 3.8) is 0 Å². The van der Waals surface area contributed by atoms with E-state index in [-0.39, 0.29) is 41.6 Å². The Kier molecular flexibility index (Phi) is 7.24. The molecule has 1 fully saturated rings. The summed E-state index contributed by atoms with van der Waals surface area (Å²) in [7, 11) is 0. The number of hydrogen-bond donors (Lipinski definition) is 3. The number of para-hydroxylation sites is 1. The number of carbonyl (C=O) groups is 2. The van der Waals surface area contributed by atoms with Crippen LogP contribution in [0.4, 0.5) is 5.69 Å². The second-order valence-electron chi connectivity index (χ2n) is 7.27. The average Bonchev–Trinajstić information content (AvgIpc) is 2.94. The Hall–Kier alpha value is -1.59. The lowest BCUT2D eigenvalue weighted by Crippen LogP contribution is -2.41. The van der Waals surface area contributed by atoms with Crippen molar-refractivity contribution in [1.82, 2.24) is 5.32 Å². The van der Waals surface area contributed by atoms with Gasteiger partial charge in [0.25, 0.3) is 5.91 Å². The SMILES string of the molecule is CC(C)(C)NC(=O)c1ccccc1NC(=O)[C@@H]1CCC[C@@H]1CN.Cl. The predicted molar refractivity (Wildman–Crippen MR) is 99.4 cm³/mol. The summed E-state index contributed by atoms with van der Waals surface area (Å²) in [5, 5.41) is 5.86. The van der Waals surface area contributed by atoms with E-state index in [9.17, 15) is 9.59 Å². The first-order valence-electron chi connectivity index (χ1n) is 8.24. The molecule has 2 amide bonds. The summed E-state index contributed by atoms with van der Waals surface area (Å²) in [4.78, 5) is 25.0. The largest absolute Gasteiger partial charge is 0.347 e. The molecule has 1 aromatic carbocycles. The van der Waals surface area contributed by atoms with Crippen molar-refractivity contribution in [2.24, 2.45) is 17.6 Å². The van der Waals surface area contributed by atoms with Gasteiger partial charge >= 0.3 is 0 Å². The standard InChI is InChI=1S/C18H27N3O2.ClH/c1-18(2,3)21-17(23)14-8-4-5-10-15(14)20-16(22)13-9-6-7-12(13)11-19;/h4-5,8,10,12-13H,6-7,9,11,19H2,1-3H3,(H,20,22)(H,21,23);1H/t12-,13-;/m1./s1. The molecule has 1 aliphatic rings. The maximum Gasteiger partial charge on any atom is 0.253 e. The maximum absolute atomic E-state index is 12.5. The molecule has 6 heteroatoms. The molecule has 2 atom stereocenters. The van der Waals surface area contributed by atoms with E-state index in [1.807, 2.05) is 26.8 Å². The van der Waals surface area contributed by atoms with E-state index in [4.69, 9.17) is 5.73 Å². The van der Waals surface area contributed by atoms with Crippen molar-refractivity contribution in [2.75, 3.05) is 11.9 Å². The van der Waals surface area contributed by atoms with Crippen LogP contribution >= 0.6 is 12.4 Å². The topological polar surface area (TPSA) is 84.2 Å². The smallest absolute Gasteiger partial charge is 0.253 e. The first-order valence-corrected chi connectivity index (χ1v) is 8.24. The van der Waals surface area contributed by atoms with Gasteiger partial charge in [0.2, 0.25) is 5.91 Å². The minimum absolute atomic E-state index is 0. The summed E-state index contributed by atoms with van der Waals surface area (Å²) in [6, 6.07) is 7.11. The predicted octanol–water partition coefficient (Wildman–Crippen LogP) is 2.95. The fourth-order valence-electron chi connectivity index (χ4n) is 3.09. The van der Waals surface area contributed by atoms with E-state index in [0.29, 0.717) is 17.8 Å². The van der Waals surface area contributed by atoms with Crippen LogP contribution in [0.5, 0.6) is 0 Å². The van der Waals surface area contributed by atoms with Gasteiger partial charge in [-0.2, -0.15) is 0 Å². The van der Waals surface area contributed by atoms with Crippen LogP contribution in [-0.2, 0) is 4.79 Å². The summed E-state index contributed by atoms with van der Waals surface area (Å²) >= 11 is 0. The molecule has 0 heterocycles. The highest BCUT2D eigenvalue weighted by Crippen LogP contribution is 2.32. The van der Waals surface area contributed by atoms with Crippen LogP contribution in [0.3, 0.4) is 0 Å². The van der Waals surface area contributed by atoms with E-state index >= 15 is 0 Å². The van der Waals surface area contributed by atoms with Crippen LogP contribution < -0.4 is 16.4 Å². The van der Waals surface area contributed by atoms with E-state index < -0.39 is 0 Å². The van der Waals surface area contributed by atoms with Crippen LogP contribution in [0.25, 0.3) is 0 Å². The highest BCUT2D eigenvalue weighted by Gasteiger charge is 2.32. The Morgan fingerprint density at radius 2 is 1.88 bits per heavy atom. The monoisotopic (exact) mass is 353 g/mol. The third-order valence-corrected chi connectivity index (χ3v) is 4.22. The molecule has 1 aromatic rings. The summed E-state index contributed by atoms with van der Waals surface area (Å²) < 4.78 is 0. The van der Waals surface area contributed by atoms with Gasteiger partial charge in [-0.15, -0.1) is 12.4 Å². The van der Waals surface area contributed by atoms with Gasteiger partial charge in [-0.3, -0.25) is 9.59 Å². The second-order valence-corrected chi connectivity index (χ2v) is 7.27. The number of carbonyl (C=O) groups excluding carboxylic acids is 2. The molecule has 5 nitrogen and oxygen atoms in total. The van der Waals surface area contributed by atoms with Gasteiger partial charge in [-0.25, -0.2) is 0 Å². The molecule has 0 spiro atoms. The van der Waals surface area contributed by atoms with Crippen molar-refractivity contribution < 1.29 is 9.59 Å². The van der Waals surface area contributed by atoms with Gasteiger partial charge in [0.1, 0.15) is 0 Å². The number of hydrogen-bond acceptors (Lipinski definition) is 3. The number of benzene rings is 1. The van der Waals surface area contributed by atoms with Crippen LogP contribution in [0, 0.1) is 11.8 Å². The lowest BCUT2D eigenvalue weighted by Gasteiger charge is -2.22. The van der Waals surface area contributed by atoms with Crippen LogP contribution in [0.1, 0.15) is 50.4 Å². The Labute approximate surface area is 150 Å². The first kappa shape index (κ1) is 20.5. The number of halogens is 1. The van der Waals surface area contributed by atoms with Crippen molar-refractivity contribution in [1.29, 1.82) is 0 Å². The molecule has 1 aliphatic carbocycles. The number of amides is 2. The van der Waals surface area contributed by atoms with E-state index in [2.05, 4.69) is 10.6 Å². The Balaban J connectivity index is 0.00000288. The zero-order valence-electron chi connectivity index (χ0n) is 14.6. The van der Waals surface area contributed by atoms with Gasteiger partial charge in [0, 0.05) is 11.5 Å². The molecule has 0 saturated heterocycles. The number of anilines is 1. The zero-order valence-corrected chi connectivity index (χ0v) is 15.4. The fourth-order valence-corrected chi connectivity index (χ4v) is 3.09. The van der Waals surface area contributed by atoms with Crippen molar-refractivity contribution in [3.05, 3.63) is 29.8 Å². The molecule has 0 aliphatic heterocycles. The average molecular weight is 354 g/mol. The van der Waals surface area contributed by atoms with Crippen LogP contribution in [0.15, 0.2) is 24.3 Å². The minimum atomic E-state index is -0.329.